The molecule has 0 amide bonds. The second-order valence-corrected chi connectivity index (χ2v) is 9.88. The molecule has 0 aliphatic carbocycles. The van der Waals surface area contributed by atoms with Crippen molar-refractivity contribution in [2.45, 2.75) is 6.92 Å². The van der Waals surface area contributed by atoms with Crippen LogP contribution in [0.2, 0.25) is 5.02 Å². The molecule has 1 atom stereocenters. The standard InChI is InChI=1S/C23H19Cl3NOP/c1-17-14-20(24)12-13-23(17)27-29(28,15-21(25)18-8-4-2-5-9-18)16-22(26)19-10-6-3-7-11-19/h2-16H,1H3,(H,27,28)/b21-15-,22-16+. The average Bonchev–Trinajstić information content (AvgIpc) is 2.71. The third kappa shape index (κ3) is 6.01. The summed E-state index contributed by atoms with van der Waals surface area (Å²) in [5.41, 5.74) is 3.10. The highest BCUT2D eigenvalue weighted by atomic mass is 35.5. The Hall–Kier alpha value is -1.96. The lowest BCUT2D eigenvalue weighted by Gasteiger charge is -2.17. The van der Waals surface area contributed by atoms with E-state index >= 15 is 0 Å². The zero-order valence-corrected chi connectivity index (χ0v) is 18.8. The van der Waals surface area contributed by atoms with E-state index in [2.05, 4.69) is 5.09 Å². The van der Waals surface area contributed by atoms with Crippen LogP contribution >= 0.6 is 42.1 Å². The summed E-state index contributed by atoms with van der Waals surface area (Å²) in [6.07, 6.45) is 0. The number of hydrogen-bond acceptors (Lipinski definition) is 1. The molecule has 148 valence electrons. The number of anilines is 1. The largest absolute Gasteiger partial charge is 0.330 e. The summed E-state index contributed by atoms with van der Waals surface area (Å²) in [4.78, 5) is 0. The molecule has 0 saturated heterocycles. The van der Waals surface area contributed by atoms with E-state index < -0.39 is 7.29 Å². The van der Waals surface area contributed by atoms with Gasteiger partial charge in [-0.1, -0.05) is 95.5 Å². The monoisotopic (exact) mass is 461 g/mol. The van der Waals surface area contributed by atoms with Gasteiger partial charge in [-0.2, -0.15) is 0 Å². The van der Waals surface area contributed by atoms with Crippen LogP contribution in [0.5, 0.6) is 0 Å². The molecule has 0 bridgehead atoms. The van der Waals surface area contributed by atoms with Crippen LogP contribution in [0.4, 0.5) is 5.69 Å². The maximum absolute atomic E-state index is 13.9. The third-order valence-electron chi connectivity index (χ3n) is 4.19. The summed E-state index contributed by atoms with van der Waals surface area (Å²) in [5.74, 6) is 3.06. The minimum atomic E-state index is -3.31. The molecule has 0 aliphatic heterocycles. The van der Waals surface area contributed by atoms with Crippen molar-refractivity contribution in [2.24, 2.45) is 0 Å². The highest BCUT2D eigenvalue weighted by molar-refractivity contribution is 7.72. The van der Waals surface area contributed by atoms with Gasteiger partial charge < -0.3 is 5.09 Å². The molecule has 3 rings (SSSR count). The van der Waals surface area contributed by atoms with Crippen LogP contribution in [-0.2, 0) is 4.57 Å². The second-order valence-electron chi connectivity index (χ2n) is 6.47. The van der Waals surface area contributed by atoms with Gasteiger partial charge in [-0.3, -0.25) is 4.57 Å². The van der Waals surface area contributed by atoms with Gasteiger partial charge >= 0.3 is 0 Å². The Bertz CT molecular complexity index is 1040. The highest BCUT2D eigenvalue weighted by Gasteiger charge is 2.20. The first-order chi connectivity index (χ1) is 13.9. The van der Waals surface area contributed by atoms with Gasteiger partial charge in [-0.05, 0) is 41.8 Å². The molecule has 6 heteroatoms. The first kappa shape index (κ1) is 21.7. The molecule has 1 unspecified atom stereocenters. The molecule has 3 aromatic rings. The van der Waals surface area contributed by atoms with Crippen molar-refractivity contribution < 1.29 is 4.57 Å². The molecule has 1 N–H and O–H groups in total. The van der Waals surface area contributed by atoms with Crippen LogP contribution in [0, 0.1) is 6.92 Å². The summed E-state index contributed by atoms with van der Waals surface area (Å²) >= 11 is 19.1. The third-order valence-corrected chi connectivity index (χ3v) is 7.26. The van der Waals surface area contributed by atoms with Crippen LogP contribution in [0.3, 0.4) is 0 Å². The van der Waals surface area contributed by atoms with E-state index in [4.69, 9.17) is 34.8 Å². The lowest BCUT2D eigenvalue weighted by atomic mass is 10.2. The van der Waals surface area contributed by atoms with E-state index in [0.717, 1.165) is 16.7 Å². The Morgan fingerprint density at radius 2 is 1.31 bits per heavy atom. The van der Waals surface area contributed by atoms with Gasteiger partial charge in [-0.25, -0.2) is 0 Å². The van der Waals surface area contributed by atoms with E-state index in [9.17, 15) is 4.57 Å². The number of nitrogens with one attached hydrogen (secondary N) is 1. The lowest BCUT2D eigenvalue weighted by molar-refractivity contribution is 0.589. The molecule has 0 fully saturated rings. The van der Waals surface area contributed by atoms with E-state index in [1.54, 1.807) is 18.2 Å². The number of rotatable bonds is 6. The lowest BCUT2D eigenvalue weighted by Crippen LogP contribution is -1.96. The number of halogens is 3. The quantitative estimate of drug-likeness (QED) is 0.371. The van der Waals surface area contributed by atoms with Crippen molar-refractivity contribution in [2.75, 3.05) is 5.09 Å². The molecule has 0 aromatic heterocycles. The Balaban J connectivity index is 2.06. The summed E-state index contributed by atoms with van der Waals surface area (Å²) in [6, 6.07) is 24.1. The summed E-state index contributed by atoms with van der Waals surface area (Å²) < 4.78 is 13.9. The summed E-state index contributed by atoms with van der Waals surface area (Å²) in [7, 11) is -3.31. The predicted molar refractivity (Wildman–Crippen MR) is 128 cm³/mol. The van der Waals surface area contributed by atoms with Crippen molar-refractivity contribution in [3.8, 4) is 0 Å². The molecule has 29 heavy (non-hydrogen) atoms. The zero-order chi connectivity index (χ0) is 20.9. The molecule has 0 saturated carbocycles. The predicted octanol–water partition coefficient (Wildman–Crippen LogP) is 8.81. The van der Waals surface area contributed by atoms with Gasteiger partial charge in [0.25, 0.3) is 0 Å². The normalized spacial score (nSPS) is 14.3. The fourth-order valence-electron chi connectivity index (χ4n) is 2.72. The zero-order valence-electron chi connectivity index (χ0n) is 15.6. The topological polar surface area (TPSA) is 29.1 Å². The number of aryl methyl sites for hydroxylation is 1. The molecule has 2 nitrogen and oxygen atoms in total. The van der Waals surface area contributed by atoms with E-state index in [1.165, 1.54) is 11.6 Å². The minimum absolute atomic E-state index is 0.377. The van der Waals surface area contributed by atoms with E-state index in [-0.39, 0.29) is 0 Å². The van der Waals surface area contributed by atoms with Crippen LogP contribution in [0.25, 0.3) is 10.1 Å². The van der Waals surface area contributed by atoms with Gasteiger partial charge in [0.2, 0.25) is 7.29 Å². The Kier molecular flexibility index (Phi) is 7.27. The summed E-state index contributed by atoms with van der Waals surface area (Å²) in [5, 5.41) is 4.49. The van der Waals surface area contributed by atoms with Gasteiger partial charge in [0.15, 0.2) is 0 Å². The van der Waals surface area contributed by atoms with E-state index in [0.29, 0.717) is 20.8 Å². The molecular weight excluding hydrogens is 444 g/mol. The van der Waals surface area contributed by atoms with Crippen molar-refractivity contribution in [1.29, 1.82) is 0 Å². The number of hydrogen-bond donors (Lipinski definition) is 1. The summed E-state index contributed by atoms with van der Waals surface area (Å²) in [6.45, 7) is 1.89. The van der Waals surface area contributed by atoms with Crippen molar-refractivity contribution in [3.63, 3.8) is 0 Å². The maximum Gasteiger partial charge on any atom is 0.216 e. The van der Waals surface area contributed by atoms with Crippen LogP contribution in [0.15, 0.2) is 90.5 Å². The Morgan fingerprint density at radius 1 is 0.828 bits per heavy atom. The van der Waals surface area contributed by atoms with Crippen LogP contribution in [-0.4, -0.2) is 0 Å². The van der Waals surface area contributed by atoms with Gasteiger partial charge in [0.05, 0.1) is 10.1 Å². The van der Waals surface area contributed by atoms with Crippen LogP contribution < -0.4 is 5.09 Å². The average molecular weight is 463 g/mol. The van der Waals surface area contributed by atoms with Crippen molar-refractivity contribution >= 4 is 57.8 Å². The van der Waals surface area contributed by atoms with Crippen molar-refractivity contribution in [3.05, 3.63) is 112 Å². The molecule has 0 radical (unpaired) electrons. The van der Waals surface area contributed by atoms with Gasteiger partial charge in [-0.15, -0.1) is 0 Å². The molecule has 0 spiro atoms. The smallest absolute Gasteiger partial charge is 0.216 e. The molecule has 3 aromatic carbocycles. The molecule has 0 aliphatic rings. The fraction of sp³-hybridized carbons (Fsp3) is 0.0435. The Labute approximate surface area is 186 Å². The molecule has 0 heterocycles. The van der Waals surface area contributed by atoms with E-state index in [1.807, 2.05) is 67.6 Å². The highest BCUT2D eigenvalue weighted by Crippen LogP contribution is 2.54. The minimum Gasteiger partial charge on any atom is -0.330 e. The van der Waals surface area contributed by atoms with Crippen LogP contribution in [0.1, 0.15) is 16.7 Å². The first-order valence-corrected chi connectivity index (χ1v) is 11.9. The fourth-order valence-corrected chi connectivity index (χ4v) is 5.87. The SMILES string of the molecule is Cc1cc(Cl)ccc1NP(=O)(/C=C(\Cl)c1ccccc1)/C=C(/Cl)c1ccccc1. The molecular formula is C23H19Cl3NOP. The van der Waals surface area contributed by atoms with Crippen molar-refractivity contribution in [1.82, 2.24) is 0 Å². The van der Waals surface area contributed by atoms with Gasteiger partial charge in [0.1, 0.15) is 0 Å². The number of benzene rings is 3. The Morgan fingerprint density at radius 3 is 1.76 bits per heavy atom. The maximum atomic E-state index is 13.9. The van der Waals surface area contributed by atoms with Gasteiger partial charge in [0, 0.05) is 22.3 Å². The first-order valence-electron chi connectivity index (χ1n) is 8.88. The second kappa shape index (κ2) is 9.69.